The van der Waals surface area contributed by atoms with Crippen molar-refractivity contribution in [3.8, 4) is 0 Å². The predicted molar refractivity (Wildman–Crippen MR) is 52.3 cm³/mol. The van der Waals surface area contributed by atoms with Gasteiger partial charge >= 0.3 is 12.1 Å². The first-order valence-corrected chi connectivity index (χ1v) is 4.94. The molecular formula is C7H6F3IN2O2. The molecule has 84 valence electrons. The van der Waals surface area contributed by atoms with Crippen molar-refractivity contribution in [2.75, 3.05) is 6.61 Å². The first-order chi connectivity index (χ1) is 6.88. The van der Waals surface area contributed by atoms with Gasteiger partial charge in [0.1, 0.15) is 9.26 Å². The SMILES string of the molecule is CCOC(=O)c1c(I)n[nH]c1C(F)(F)F. The second-order valence-corrected chi connectivity index (χ2v) is 3.50. The Morgan fingerprint density at radius 1 is 1.60 bits per heavy atom. The molecule has 1 aromatic heterocycles. The fourth-order valence-electron chi connectivity index (χ4n) is 0.915. The van der Waals surface area contributed by atoms with Gasteiger partial charge in [-0.15, -0.1) is 0 Å². The average Bonchev–Trinajstić information content (AvgIpc) is 2.46. The summed E-state index contributed by atoms with van der Waals surface area (Å²) in [6, 6.07) is 0. The number of carbonyl (C=O) groups is 1. The standard InChI is InChI=1S/C7H6F3IN2O2/c1-2-15-6(14)3-4(7(8,9)10)12-13-5(3)11/h2H2,1H3,(H,12,13). The van der Waals surface area contributed by atoms with Crippen molar-refractivity contribution >= 4 is 28.6 Å². The summed E-state index contributed by atoms with van der Waals surface area (Å²) >= 11 is 1.53. The summed E-state index contributed by atoms with van der Waals surface area (Å²) in [5.41, 5.74) is -1.74. The number of H-pyrrole nitrogens is 1. The lowest BCUT2D eigenvalue weighted by Gasteiger charge is -2.06. The minimum atomic E-state index is -4.64. The minimum Gasteiger partial charge on any atom is -0.462 e. The number of rotatable bonds is 2. The summed E-state index contributed by atoms with van der Waals surface area (Å²) in [6.45, 7) is 1.52. The second-order valence-electron chi connectivity index (χ2n) is 2.48. The number of carbonyl (C=O) groups excluding carboxylic acids is 1. The van der Waals surface area contributed by atoms with Gasteiger partial charge in [-0.2, -0.15) is 18.3 Å². The van der Waals surface area contributed by atoms with Crippen molar-refractivity contribution in [2.24, 2.45) is 0 Å². The van der Waals surface area contributed by atoms with Crippen LogP contribution in [-0.4, -0.2) is 22.8 Å². The topological polar surface area (TPSA) is 55.0 Å². The van der Waals surface area contributed by atoms with E-state index in [1.165, 1.54) is 29.5 Å². The average molecular weight is 334 g/mol. The smallest absolute Gasteiger partial charge is 0.433 e. The van der Waals surface area contributed by atoms with E-state index in [0.717, 1.165) is 0 Å². The van der Waals surface area contributed by atoms with E-state index >= 15 is 0 Å². The lowest BCUT2D eigenvalue weighted by Crippen LogP contribution is -2.15. The molecule has 1 rings (SSSR count). The molecule has 1 aromatic rings. The molecule has 0 radical (unpaired) electrons. The van der Waals surface area contributed by atoms with E-state index in [-0.39, 0.29) is 10.3 Å². The molecule has 0 aliphatic carbocycles. The van der Waals surface area contributed by atoms with E-state index in [1.807, 2.05) is 0 Å². The van der Waals surface area contributed by atoms with Gasteiger partial charge in [0.15, 0.2) is 5.69 Å². The van der Waals surface area contributed by atoms with Crippen LogP contribution < -0.4 is 0 Å². The van der Waals surface area contributed by atoms with E-state index in [0.29, 0.717) is 0 Å². The maximum Gasteiger partial charge on any atom is 0.433 e. The molecule has 1 heterocycles. The third-order valence-corrected chi connectivity index (χ3v) is 2.27. The largest absolute Gasteiger partial charge is 0.462 e. The molecule has 0 saturated carbocycles. The summed E-state index contributed by atoms with van der Waals surface area (Å²) in [5, 5.41) is 5.10. The Morgan fingerprint density at radius 2 is 2.20 bits per heavy atom. The van der Waals surface area contributed by atoms with Crippen LogP contribution in [0.15, 0.2) is 0 Å². The zero-order chi connectivity index (χ0) is 11.6. The van der Waals surface area contributed by atoms with Crippen LogP contribution in [0.5, 0.6) is 0 Å². The zero-order valence-electron chi connectivity index (χ0n) is 7.48. The fourth-order valence-corrected chi connectivity index (χ4v) is 1.53. The van der Waals surface area contributed by atoms with Crippen LogP contribution in [0.1, 0.15) is 23.0 Å². The Labute approximate surface area is 96.3 Å². The van der Waals surface area contributed by atoms with Gasteiger partial charge in [0.25, 0.3) is 0 Å². The number of halogens is 4. The molecule has 8 heteroatoms. The molecule has 4 nitrogen and oxygen atoms in total. The highest BCUT2D eigenvalue weighted by Crippen LogP contribution is 2.32. The van der Waals surface area contributed by atoms with Gasteiger partial charge in [-0.3, -0.25) is 5.10 Å². The Hall–Kier alpha value is -0.800. The van der Waals surface area contributed by atoms with Crippen molar-refractivity contribution < 1.29 is 22.7 Å². The number of esters is 1. The molecule has 0 fully saturated rings. The number of nitrogens with one attached hydrogen (secondary N) is 1. The maximum atomic E-state index is 12.4. The van der Waals surface area contributed by atoms with Crippen LogP contribution in [0.2, 0.25) is 0 Å². The highest BCUT2D eigenvalue weighted by molar-refractivity contribution is 14.1. The quantitative estimate of drug-likeness (QED) is 0.667. The van der Waals surface area contributed by atoms with Crippen molar-refractivity contribution in [1.29, 1.82) is 0 Å². The number of alkyl halides is 3. The lowest BCUT2D eigenvalue weighted by molar-refractivity contribution is -0.141. The van der Waals surface area contributed by atoms with Crippen LogP contribution in [0.3, 0.4) is 0 Å². The third kappa shape index (κ3) is 2.61. The summed E-state index contributed by atoms with van der Waals surface area (Å²) in [6.07, 6.45) is -4.64. The Morgan fingerprint density at radius 3 is 2.67 bits per heavy atom. The molecule has 0 aliphatic rings. The van der Waals surface area contributed by atoms with Gasteiger partial charge < -0.3 is 4.74 Å². The van der Waals surface area contributed by atoms with Gasteiger partial charge in [0.2, 0.25) is 0 Å². The summed E-state index contributed by atoms with van der Waals surface area (Å²) < 4.78 is 41.6. The predicted octanol–water partition coefficient (Wildman–Crippen LogP) is 2.21. The highest BCUT2D eigenvalue weighted by Gasteiger charge is 2.39. The van der Waals surface area contributed by atoms with Crippen LogP contribution in [0.4, 0.5) is 13.2 Å². The lowest BCUT2D eigenvalue weighted by atomic mass is 10.2. The first kappa shape index (κ1) is 12.3. The van der Waals surface area contributed by atoms with Crippen LogP contribution in [0.25, 0.3) is 0 Å². The Kier molecular flexibility index (Phi) is 3.58. The molecule has 0 aromatic carbocycles. The maximum absolute atomic E-state index is 12.4. The highest BCUT2D eigenvalue weighted by atomic mass is 127. The van der Waals surface area contributed by atoms with Crippen molar-refractivity contribution in [2.45, 2.75) is 13.1 Å². The number of aromatic amines is 1. The summed E-state index contributed by atoms with van der Waals surface area (Å²) in [4.78, 5) is 11.2. The summed E-state index contributed by atoms with van der Waals surface area (Å²) in [7, 11) is 0. The molecule has 0 amide bonds. The van der Waals surface area contributed by atoms with E-state index in [2.05, 4.69) is 9.84 Å². The van der Waals surface area contributed by atoms with Gasteiger partial charge in [-0.1, -0.05) is 0 Å². The van der Waals surface area contributed by atoms with Gasteiger partial charge in [0, 0.05) is 0 Å². The molecule has 0 saturated heterocycles. The fraction of sp³-hybridized carbons (Fsp3) is 0.429. The number of ether oxygens (including phenoxy) is 1. The molecule has 0 atom stereocenters. The van der Waals surface area contributed by atoms with Crippen molar-refractivity contribution in [1.82, 2.24) is 10.2 Å². The van der Waals surface area contributed by atoms with Crippen LogP contribution >= 0.6 is 22.6 Å². The third-order valence-electron chi connectivity index (χ3n) is 1.49. The Balaban J connectivity index is 3.16. The Bertz CT molecular complexity index is 375. The second kappa shape index (κ2) is 4.37. The molecule has 0 bridgehead atoms. The number of nitrogens with zero attached hydrogens (tertiary/aromatic N) is 1. The van der Waals surface area contributed by atoms with E-state index in [1.54, 1.807) is 5.10 Å². The van der Waals surface area contributed by atoms with Crippen molar-refractivity contribution in [3.63, 3.8) is 0 Å². The number of hydrogen-bond donors (Lipinski definition) is 1. The zero-order valence-corrected chi connectivity index (χ0v) is 9.64. The molecule has 0 unspecified atom stereocenters. The molecule has 1 N–H and O–H groups in total. The molecule has 15 heavy (non-hydrogen) atoms. The van der Waals surface area contributed by atoms with Gasteiger partial charge in [-0.05, 0) is 29.5 Å². The van der Waals surface area contributed by atoms with E-state index < -0.39 is 23.4 Å². The molecular weight excluding hydrogens is 328 g/mol. The van der Waals surface area contributed by atoms with Crippen LogP contribution in [-0.2, 0) is 10.9 Å². The van der Waals surface area contributed by atoms with E-state index in [9.17, 15) is 18.0 Å². The molecule has 0 spiro atoms. The first-order valence-electron chi connectivity index (χ1n) is 3.86. The number of hydrogen-bond acceptors (Lipinski definition) is 3. The van der Waals surface area contributed by atoms with Crippen LogP contribution in [0, 0.1) is 3.70 Å². The minimum absolute atomic E-state index is 0.0113. The normalized spacial score (nSPS) is 11.5. The number of aromatic nitrogens is 2. The van der Waals surface area contributed by atoms with Gasteiger partial charge in [0.05, 0.1) is 6.61 Å². The van der Waals surface area contributed by atoms with E-state index in [4.69, 9.17) is 0 Å². The summed E-state index contributed by atoms with van der Waals surface area (Å²) in [5.74, 6) is -1.03. The van der Waals surface area contributed by atoms with Gasteiger partial charge in [-0.25, -0.2) is 4.79 Å². The molecule has 0 aliphatic heterocycles. The monoisotopic (exact) mass is 334 g/mol. The van der Waals surface area contributed by atoms with Crippen molar-refractivity contribution in [3.05, 3.63) is 15.0 Å².